The average Bonchev–Trinajstić information content (AvgIpc) is 2.52. The smallest absolute Gasteiger partial charge is 0.251 e. The molecule has 2 rings (SSSR count). The van der Waals surface area contributed by atoms with Gasteiger partial charge in [0.2, 0.25) is 0 Å². The summed E-state index contributed by atoms with van der Waals surface area (Å²) in [5.41, 5.74) is 1.97. The molecule has 22 heavy (non-hydrogen) atoms. The van der Waals surface area contributed by atoms with Crippen LogP contribution in [0.25, 0.3) is 0 Å². The zero-order valence-corrected chi connectivity index (χ0v) is 13.2. The van der Waals surface area contributed by atoms with E-state index in [4.69, 9.17) is 0 Å². The lowest BCUT2D eigenvalue weighted by Crippen LogP contribution is -2.30. The molecule has 2 N–H and O–H groups in total. The summed E-state index contributed by atoms with van der Waals surface area (Å²) in [4.78, 5) is 16.2. The average molecular weight is 297 g/mol. The number of hydrogen-bond donors (Lipinski definition) is 2. The number of rotatable bonds is 7. The van der Waals surface area contributed by atoms with Gasteiger partial charge in [0, 0.05) is 24.3 Å². The third-order valence-electron chi connectivity index (χ3n) is 3.23. The second kappa shape index (κ2) is 8.17. The van der Waals surface area contributed by atoms with E-state index in [-0.39, 0.29) is 11.9 Å². The first-order chi connectivity index (χ1) is 10.6. The van der Waals surface area contributed by atoms with Gasteiger partial charge < -0.3 is 10.6 Å². The molecule has 0 bridgehead atoms. The molecular formula is C18H23N3O. The van der Waals surface area contributed by atoms with E-state index >= 15 is 0 Å². The molecule has 4 heteroatoms. The summed E-state index contributed by atoms with van der Waals surface area (Å²) >= 11 is 0. The van der Waals surface area contributed by atoms with Gasteiger partial charge in [-0.15, -0.1) is 0 Å². The van der Waals surface area contributed by atoms with Crippen LogP contribution >= 0.6 is 0 Å². The fraction of sp³-hybridized carbons (Fsp3) is 0.333. The number of carbonyl (C=O) groups excluding carboxylic acids is 1. The summed E-state index contributed by atoms with van der Waals surface area (Å²) < 4.78 is 0. The van der Waals surface area contributed by atoms with Crippen LogP contribution in [-0.4, -0.2) is 23.5 Å². The monoisotopic (exact) mass is 297 g/mol. The lowest BCUT2D eigenvalue weighted by molar-refractivity contribution is 0.0943. The molecular weight excluding hydrogens is 274 g/mol. The Morgan fingerprint density at radius 1 is 1.18 bits per heavy atom. The van der Waals surface area contributed by atoms with E-state index in [0.717, 1.165) is 25.2 Å². The maximum Gasteiger partial charge on any atom is 0.251 e. The van der Waals surface area contributed by atoms with E-state index in [2.05, 4.69) is 39.9 Å². The van der Waals surface area contributed by atoms with Crippen molar-refractivity contribution in [3.63, 3.8) is 0 Å². The van der Waals surface area contributed by atoms with Gasteiger partial charge in [0.05, 0.1) is 0 Å². The van der Waals surface area contributed by atoms with Crippen LogP contribution < -0.4 is 10.6 Å². The van der Waals surface area contributed by atoms with Crippen LogP contribution in [-0.2, 0) is 6.42 Å². The van der Waals surface area contributed by atoms with E-state index in [0.29, 0.717) is 5.56 Å². The fourth-order valence-electron chi connectivity index (χ4n) is 2.17. The Bertz CT molecular complexity index is 596. The van der Waals surface area contributed by atoms with E-state index in [1.54, 1.807) is 18.3 Å². The Morgan fingerprint density at radius 3 is 2.68 bits per heavy atom. The highest BCUT2D eigenvalue weighted by Crippen LogP contribution is 2.08. The molecule has 1 aromatic heterocycles. The number of benzene rings is 1. The van der Waals surface area contributed by atoms with Crippen molar-refractivity contribution in [1.82, 2.24) is 10.3 Å². The predicted octanol–water partition coefficient (Wildman–Crippen LogP) is 3.26. The number of nitrogens with zero attached hydrogens (tertiary/aromatic N) is 1. The SMILES string of the molecule is CC(C)NC(=O)c1ccnc(NCCCc2ccccc2)c1. The summed E-state index contributed by atoms with van der Waals surface area (Å²) in [5, 5.41) is 6.15. The third-order valence-corrected chi connectivity index (χ3v) is 3.23. The fourth-order valence-corrected chi connectivity index (χ4v) is 2.17. The van der Waals surface area contributed by atoms with Crippen LogP contribution in [0.4, 0.5) is 5.82 Å². The Labute approximate surface area is 132 Å². The van der Waals surface area contributed by atoms with Crippen LogP contribution in [0.15, 0.2) is 48.7 Å². The molecule has 1 amide bonds. The Balaban J connectivity index is 1.82. The number of anilines is 1. The molecule has 1 heterocycles. The number of carbonyl (C=O) groups is 1. The highest BCUT2D eigenvalue weighted by Gasteiger charge is 2.07. The van der Waals surface area contributed by atoms with Gasteiger partial charge in [-0.2, -0.15) is 0 Å². The molecule has 0 aliphatic heterocycles. The van der Waals surface area contributed by atoms with Crippen LogP contribution in [0, 0.1) is 0 Å². The normalized spacial score (nSPS) is 10.5. The lowest BCUT2D eigenvalue weighted by atomic mass is 10.1. The zero-order valence-electron chi connectivity index (χ0n) is 13.2. The number of aromatic nitrogens is 1. The highest BCUT2D eigenvalue weighted by atomic mass is 16.1. The van der Waals surface area contributed by atoms with Gasteiger partial charge in [-0.25, -0.2) is 4.98 Å². The number of nitrogens with one attached hydrogen (secondary N) is 2. The van der Waals surface area contributed by atoms with Crippen molar-refractivity contribution >= 4 is 11.7 Å². The van der Waals surface area contributed by atoms with Gasteiger partial charge in [0.25, 0.3) is 5.91 Å². The molecule has 0 saturated heterocycles. The van der Waals surface area contributed by atoms with Crippen molar-refractivity contribution in [3.8, 4) is 0 Å². The van der Waals surface area contributed by atoms with Crippen molar-refractivity contribution in [3.05, 3.63) is 59.8 Å². The minimum absolute atomic E-state index is 0.0651. The molecule has 0 unspecified atom stereocenters. The number of amides is 1. The maximum atomic E-state index is 12.0. The van der Waals surface area contributed by atoms with Crippen molar-refractivity contribution in [2.75, 3.05) is 11.9 Å². The van der Waals surface area contributed by atoms with E-state index in [1.165, 1.54) is 5.56 Å². The first-order valence-corrected chi connectivity index (χ1v) is 7.70. The second-order valence-electron chi connectivity index (χ2n) is 5.57. The van der Waals surface area contributed by atoms with Crippen LogP contribution in [0.1, 0.15) is 36.2 Å². The molecule has 0 radical (unpaired) electrons. The minimum atomic E-state index is -0.0651. The van der Waals surface area contributed by atoms with E-state index < -0.39 is 0 Å². The quantitative estimate of drug-likeness (QED) is 0.771. The largest absolute Gasteiger partial charge is 0.370 e. The predicted molar refractivity (Wildman–Crippen MR) is 90.1 cm³/mol. The molecule has 0 fully saturated rings. The molecule has 0 aliphatic carbocycles. The van der Waals surface area contributed by atoms with Crippen molar-refractivity contribution < 1.29 is 4.79 Å². The Hall–Kier alpha value is -2.36. The molecule has 2 aromatic rings. The second-order valence-corrected chi connectivity index (χ2v) is 5.57. The summed E-state index contributed by atoms with van der Waals surface area (Å²) in [6.07, 6.45) is 3.71. The van der Waals surface area contributed by atoms with E-state index in [1.807, 2.05) is 19.9 Å². The van der Waals surface area contributed by atoms with Crippen LogP contribution in [0.2, 0.25) is 0 Å². The van der Waals surface area contributed by atoms with Gasteiger partial charge in [-0.3, -0.25) is 4.79 Å². The summed E-state index contributed by atoms with van der Waals surface area (Å²) in [5.74, 6) is 0.675. The first kappa shape index (κ1) is 16.0. The van der Waals surface area contributed by atoms with Crippen molar-refractivity contribution in [2.45, 2.75) is 32.7 Å². The van der Waals surface area contributed by atoms with Crippen molar-refractivity contribution in [2.24, 2.45) is 0 Å². The first-order valence-electron chi connectivity index (χ1n) is 7.70. The van der Waals surface area contributed by atoms with Gasteiger partial charge >= 0.3 is 0 Å². The van der Waals surface area contributed by atoms with Crippen molar-refractivity contribution in [1.29, 1.82) is 0 Å². The summed E-state index contributed by atoms with van der Waals surface area (Å²) in [6, 6.07) is 14.1. The summed E-state index contributed by atoms with van der Waals surface area (Å²) in [7, 11) is 0. The standard InChI is InChI=1S/C18H23N3O/c1-14(2)21-18(22)16-10-12-20-17(13-16)19-11-6-9-15-7-4-3-5-8-15/h3-5,7-8,10,12-14H,6,9,11H2,1-2H3,(H,19,20)(H,21,22). The van der Waals surface area contributed by atoms with Gasteiger partial charge in [-0.1, -0.05) is 30.3 Å². The molecule has 0 spiro atoms. The van der Waals surface area contributed by atoms with Crippen LogP contribution in [0.3, 0.4) is 0 Å². The molecule has 0 aliphatic rings. The third kappa shape index (κ3) is 5.20. The minimum Gasteiger partial charge on any atom is -0.370 e. The number of hydrogen-bond acceptors (Lipinski definition) is 3. The maximum absolute atomic E-state index is 12.0. The Morgan fingerprint density at radius 2 is 1.95 bits per heavy atom. The molecule has 0 atom stereocenters. The summed E-state index contributed by atoms with van der Waals surface area (Å²) in [6.45, 7) is 4.72. The molecule has 116 valence electrons. The van der Waals surface area contributed by atoms with Crippen LogP contribution in [0.5, 0.6) is 0 Å². The molecule has 0 saturated carbocycles. The van der Waals surface area contributed by atoms with Gasteiger partial charge in [0.1, 0.15) is 5.82 Å². The van der Waals surface area contributed by atoms with E-state index in [9.17, 15) is 4.79 Å². The Kier molecular flexibility index (Phi) is 5.95. The van der Waals surface area contributed by atoms with Gasteiger partial charge in [0.15, 0.2) is 0 Å². The molecule has 1 aromatic carbocycles. The lowest BCUT2D eigenvalue weighted by Gasteiger charge is -2.10. The number of pyridine rings is 1. The highest BCUT2D eigenvalue weighted by molar-refractivity contribution is 5.94. The number of aryl methyl sites for hydroxylation is 1. The zero-order chi connectivity index (χ0) is 15.8. The topological polar surface area (TPSA) is 54.0 Å². The molecule has 4 nitrogen and oxygen atoms in total. The van der Waals surface area contributed by atoms with Gasteiger partial charge in [-0.05, 0) is 44.4 Å².